The van der Waals surface area contributed by atoms with Gasteiger partial charge in [0.05, 0.1) is 6.54 Å². The van der Waals surface area contributed by atoms with Crippen LogP contribution in [0.25, 0.3) is 0 Å². The molecular weight excluding hydrogens is 297 g/mol. The molecule has 0 aliphatic heterocycles. The Morgan fingerprint density at radius 1 is 0.783 bits per heavy atom. The van der Waals surface area contributed by atoms with Crippen LogP contribution < -0.4 is 5.32 Å². The average Bonchev–Trinajstić information content (AvgIpc) is 2.52. The van der Waals surface area contributed by atoms with Gasteiger partial charge in [-0.1, -0.05) is 26.2 Å². The van der Waals surface area contributed by atoms with Crippen LogP contribution in [-0.2, 0) is 4.79 Å². The summed E-state index contributed by atoms with van der Waals surface area (Å²) in [6.07, 6.45) is 20.7. The van der Waals surface area contributed by atoms with E-state index in [0.29, 0.717) is 0 Å². The minimum atomic E-state index is -0.822. The second-order valence-corrected chi connectivity index (χ2v) is 7.52. The zero-order valence-electron chi connectivity index (χ0n) is 16.2. The van der Waals surface area contributed by atoms with Crippen molar-refractivity contribution in [2.75, 3.05) is 13.6 Å². The van der Waals surface area contributed by atoms with Gasteiger partial charge in [0.1, 0.15) is 0 Å². The standard InChI is InChI=1S/C16H33.C3H7NO2.Na/c1-3-5-7-9-11-13-15-16-14-12-10-8-6-4-2;1-4-2-3(5)6;/h1,3-16H2,2H3;4H,2H2,1H3,(H,5,6);. The Balaban J connectivity index is 0. The van der Waals surface area contributed by atoms with E-state index in [1.807, 2.05) is 0 Å². The van der Waals surface area contributed by atoms with Crippen molar-refractivity contribution in [2.24, 2.45) is 0 Å². The quantitative estimate of drug-likeness (QED) is 0.295. The summed E-state index contributed by atoms with van der Waals surface area (Å²) < 4.78 is 1.51. The number of hydrogen-bond donors (Lipinski definition) is 2. The second kappa shape index (κ2) is 24.7. The summed E-state index contributed by atoms with van der Waals surface area (Å²) in [6.45, 7) is 2.34. The van der Waals surface area contributed by atoms with Crippen molar-refractivity contribution in [2.45, 2.75) is 100 Å². The molecule has 3 nitrogen and oxygen atoms in total. The Kier molecular flexibility index (Phi) is 27.5. The van der Waals surface area contributed by atoms with Gasteiger partial charge in [-0.25, -0.2) is 0 Å². The Morgan fingerprint density at radius 2 is 1.13 bits per heavy atom. The summed E-state index contributed by atoms with van der Waals surface area (Å²) in [6, 6.07) is 0. The van der Waals surface area contributed by atoms with Crippen LogP contribution in [0.15, 0.2) is 0 Å². The fourth-order valence-electron chi connectivity index (χ4n) is 2.60. The molecule has 0 fully saturated rings. The second-order valence-electron chi connectivity index (χ2n) is 6.52. The van der Waals surface area contributed by atoms with Crippen molar-refractivity contribution < 1.29 is 9.90 Å². The molecule has 2 N–H and O–H groups in total. The van der Waals surface area contributed by atoms with Crippen LogP contribution in [0.4, 0.5) is 0 Å². The third-order valence-corrected chi connectivity index (χ3v) is 4.74. The molecule has 0 radical (unpaired) electrons. The molecule has 0 bridgehead atoms. The predicted octanol–water partition coefficient (Wildman–Crippen LogP) is 5.34. The Hall–Kier alpha value is 0.430. The number of carbonyl (C=O) groups is 1. The van der Waals surface area contributed by atoms with Crippen LogP contribution in [0.3, 0.4) is 0 Å². The average molecular weight is 338 g/mol. The first-order valence-electron chi connectivity index (χ1n) is 10.0. The molecule has 0 spiro atoms. The molecule has 0 heterocycles. The van der Waals surface area contributed by atoms with Crippen molar-refractivity contribution in [1.82, 2.24) is 5.32 Å². The molecule has 0 aliphatic rings. The van der Waals surface area contributed by atoms with Crippen molar-refractivity contribution in [3.63, 3.8) is 0 Å². The van der Waals surface area contributed by atoms with Gasteiger partial charge in [0, 0.05) is 0 Å². The van der Waals surface area contributed by atoms with Gasteiger partial charge < -0.3 is 10.4 Å². The van der Waals surface area contributed by atoms with Crippen molar-refractivity contribution in [3.8, 4) is 0 Å². The van der Waals surface area contributed by atoms with Gasteiger partial charge in [0.25, 0.3) is 0 Å². The molecule has 0 saturated carbocycles. The summed E-state index contributed by atoms with van der Waals surface area (Å²) in [5, 5.41) is 10.3. The fourth-order valence-corrected chi connectivity index (χ4v) is 3.10. The van der Waals surface area contributed by atoms with E-state index in [1.54, 1.807) is 7.05 Å². The van der Waals surface area contributed by atoms with E-state index < -0.39 is 5.97 Å². The maximum Gasteiger partial charge on any atom is 0.317 e. The molecule has 0 amide bonds. The summed E-state index contributed by atoms with van der Waals surface area (Å²) >= 11 is 1.41. The minimum Gasteiger partial charge on any atom is -0.480 e. The number of unbranched alkanes of at least 4 members (excludes halogenated alkanes) is 13. The van der Waals surface area contributed by atoms with Gasteiger partial charge in [-0.05, 0) is 7.05 Å². The van der Waals surface area contributed by atoms with Crippen LogP contribution in [0.1, 0.15) is 96.8 Å². The molecule has 0 aliphatic carbocycles. The van der Waals surface area contributed by atoms with E-state index >= 15 is 0 Å². The summed E-state index contributed by atoms with van der Waals surface area (Å²) in [5.74, 6) is -0.822. The van der Waals surface area contributed by atoms with Gasteiger partial charge >= 0.3 is 108 Å². The molecule has 23 heavy (non-hydrogen) atoms. The molecule has 0 rings (SSSR count). The van der Waals surface area contributed by atoms with Gasteiger partial charge in [-0.3, -0.25) is 4.79 Å². The van der Waals surface area contributed by atoms with Gasteiger partial charge in [0.15, 0.2) is 0 Å². The molecule has 0 aromatic carbocycles. The molecular formula is C19H40NNaO2. The summed E-state index contributed by atoms with van der Waals surface area (Å²) in [7, 11) is 1.59. The van der Waals surface area contributed by atoms with E-state index in [9.17, 15) is 4.79 Å². The summed E-state index contributed by atoms with van der Waals surface area (Å²) in [4.78, 5) is 9.54. The van der Waals surface area contributed by atoms with E-state index in [4.69, 9.17) is 5.11 Å². The number of aliphatic carboxylic acids is 1. The van der Waals surface area contributed by atoms with Crippen LogP contribution in [0.5, 0.6) is 0 Å². The van der Waals surface area contributed by atoms with Crippen LogP contribution in [-0.4, -0.2) is 52.6 Å². The normalized spacial score (nSPS) is 10.3. The van der Waals surface area contributed by atoms with Crippen molar-refractivity contribution in [3.05, 3.63) is 0 Å². The van der Waals surface area contributed by atoms with E-state index in [2.05, 4.69) is 12.2 Å². The molecule has 4 heteroatoms. The fraction of sp³-hybridized carbons (Fsp3) is 0.947. The SMILES string of the molecule is CCCCCCCCCCCCCCC[CH2][Na].CNCC(=O)O. The monoisotopic (exact) mass is 337 g/mol. The van der Waals surface area contributed by atoms with E-state index in [-0.39, 0.29) is 6.54 Å². The number of rotatable bonds is 16. The van der Waals surface area contributed by atoms with Gasteiger partial charge in [-0.2, -0.15) is 0 Å². The number of carboxylic acids is 1. The zero-order valence-corrected chi connectivity index (χ0v) is 18.2. The Labute approximate surface area is 162 Å². The molecule has 0 aromatic heterocycles. The maximum absolute atomic E-state index is 9.54. The van der Waals surface area contributed by atoms with E-state index in [0.717, 1.165) is 0 Å². The van der Waals surface area contributed by atoms with Crippen LogP contribution in [0.2, 0.25) is 3.67 Å². The van der Waals surface area contributed by atoms with Crippen molar-refractivity contribution in [1.29, 1.82) is 0 Å². The third kappa shape index (κ3) is 30.8. The third-order valence-electron chi connectivity index (χ3n) is 4.04. The number of likely N-dealkylation sites (N-methyl/N-ethyl adjacent to an activating group) is 1. The first kappa shape index (κ1) is 25.7. The smallest absolute Gasteiger partial charge is 0.317 e. The summed E-state index contributed by atoms with van der Waals surface area (Å²) in [5.41, 5.74) is 0. The molecule has 0 saturated heterocycles. The molecule has 134 valence electrons. The van der Waals surface area contributed by atoms with E-state index in [1.165, 1.54) is 121 Å². The number of carboxylic acid groups (broad SMARTS) is 1. The largest absolute Gasteiger partial charge is 0.480 e. The van der Waals surface area contributed by atoms with Gasteiger partial charge in [-0.15, -0.1) is 0 Å². The maximum atomic E-state index is 9.54. The van der Waals surface area contributed by atoms with Crippen LogP contribution >= 0.6 is 0 Å². The Bertz CT molecular complexity index is 211. The first-order valence-corrected chi connectivity index (χ1v) is 11.5. The predicted molar refractivity (Wildman–Crippen MR) is 102 cm³/mol. The molecule has 0 atom stereocenters. The molecule has 0 aromatic rings. The first-order chi connectivity index (χ1) is 11.2. The van der Waals surface area contributed by atoms with Gasteiger partial charge in [0.2, 0.25) is 0 Å². The van der Waals surface area contributed by atoms with Crippen molar-refractivity contribution >= 4 is 33.9 Å². The topological polar surface area (TPSA) is 49.3 Å². The minimum absolute atomic E-state index is 0.0417. The number of hydrogen-bond acceptors (Lipinski definition) is 2. The molecule has 0 unspecified atom stereocenters. The van der Waals surface area contributed by atoms with Crippen LogP contribution in [0, 0.1) is 0 Å². The Morgan fingerprint density at radius 3 is 1.35 bits per heavy atom. The zero-order chi connectivity index (χ0) is 17.6. The number of nitrogens with one attached hydrogen (secondary N) is 1.